The summed E-state index contributed by atoms with van der Waals surface area (Å²) >= 11 is 0. The minimum atomic E-state index is 0.468. The summed E-state index contributed by atoms with van der Waals surface area (Å²) in [6.07, 6.45) is 14.2. The van der Waals surface area contributed by atoms with Crippen LogP contribution in [0.4, 0.5) is 0 Å². The molecule has 0 amide bonds. The van der Waals surface area contributed by atoms with Gasteiger partial charge in [0.1, 0.15) is 0 Å². The summed E-state index contributed by atoms with van der Waals surface area (Å²) < 4.78 is 0. The van der Waals surface area contributed by atoms with Crippen molar-refractivity contribution in [2.45, 2.75) is 92.9 Å². The maximum Gasteiger partial charge on any atom is -0.00883 e. The molecule has 0 bridgehead atoms. The molecule has 0 radical (unpaired) electrons. The summed E-state index contributed by atoms with van der Waals surface area (Å²) in [5.41, 5.74) is 2.79. The van der Waals surface area contributed by atoms with Crippen molar-refractivity contribution in [2.24, 2.45) is 40.4 Å². The van der Waals surface area contributed by atoms with Gasteiger partial charge in [-0.2, -0.15) is 0 Å². The first-order valence-electron chi connectivity index (χ1n) is 10.5. The molecule has 23 heavy (non-hydrogen) atoms. The molecule has 0 aromatic heterocycles. The van der Waals surface area contributed by atoms with Crippen LogP contribution < -0.4 is 0 Å². The molecule has 0 saturated heterocycles. The minimum Gasteiger partial charge on any atom is -0.0882 e. The summed E-state index contributed by atoms with van der Waals surface area (Å²) in [6, 6.07) is 0. The first kappa shape index (κ1) is 17.6. The van der Waals surface area contributed by atoms with Gasteiger partial charge in [0, 0.05) is 0 Å². The van der Waals surface area contributed by atoms with E-state index in [0.29, 0.717) is 10.8 Å². The van der Waals surface area contributed by atoms with E-state index in [1.807, 2.05) is 0 Å². The summed E-state index contributed by atoms with van der Waals surface area (Å²) in [7, 11) is 0. The van der Waals surface area contributed by atoms with Gasteiger partial charge in [0.2, 0.25) is 0 Å². The molecule has 0 heteroatoms. The van der Waals surface area contributed by atoms with Crippen molar-refractivity contribution < 1.29 is 0 Å². The predicted molar refractivity (Wildman–Crippen MR) is 101 cm³/mol. The van der Waals surface area contributed by atoms with Crippen LogP contribution in [0.1, 0.15) is 92.9 Å². The van der Waals surface area contributed by atoms with Gasteiger partial charge in [0.15, 0.2) is 0 Å². The van der Waals surface area contributed by atoms with E-state index in [0.717, 1.165) is 29.6 Å². The maximum atomic E-state index is 2.69. The molecule has 0 heterocycles. The van der Waals surface area contributed by atoms with Gasteiger partial charge in [-0.3, -0.25) is 0 Å². The van der Waals surface area contributed by atoms with Crippen molar-refractivity contribution in [3.8, 4) is 0 Å². The molecular formula is C23H40. The molecule has 0 spiro atoms. The fraction of sp³-hybridized carbons (Fsp3) is 0.913. The van der Waals surface area contributed by atoms with Gasteiger partial charge >= 0.3 is 0 Å². The summed E-state index contributed by atoms with van der Waals surface area (Å²) in [6.45, 7) is 14.9. The monoisotopic (exact) mass is 316 g/mol. The van der Waals surface area contributed by atoms with E-state index in [4.69, 9.17) is 0 Å². The van der Waals surface area contributed by atoms with Gasteiger partial charge in [0.25, 0.3) is 0 Å². The lowest BCUT2D eigenvalue weighted by Crippen LogP contribution is -2.53. The van der Waals surface area contributed by atoms with Crippen LogP contribution in [0.2, 0.25) is 0 Å². The highest BCUT2D eigenvalue weighted by molar-refractivity contribution is 5.17. The molecule has 7 atom stereocenters. The van der Waals surface area contributed by atoms with Gasteiger partial charge in [0.05, 0.1) is 0 Å². The van der Waals surface area contributed by atoms with Crippen molar-refractivity contribution in [1.29, 1.82) is 0 Å². The summed E-state index contributed by atoms with van der Waals surface area (Å²) in [4.78, 5) is 0. The molecule has 3 rings (SSSR count). The zero-order valence-corrected chi connectivity index (χ0v) is 16.6. The quantitative estimate of drug-likeness (QED) is 0.471. The summed E-state index contributed by atoms with van der Waals surface area (Å²) in [5, 5.41) is 0. The largest absolute Gasteiger partial charge is 0.0882 e. The Kier molecular flexibility index (Phi) is 4.76. The molecule has 3 fully saturated rings. The minimum absolute atomic E-state index is 0.468. The van der Waals surface area contributed by atoms with Gasteiger partial charge in [-0.25, -0.2) is 0 Å². The number of allylic oxidation sites excluding steroid dienone is 2. The zero-order valence-electron chi connectivity index (χ0n) is 16.6. The third-order valence-electron chi connectivity index (χ3n) is 9.09. The van der Waals surface area contributed by atoms with Gasteiger partial charge in [-0.1, -0.05) is 52.2 Å². The van der Waals surface area contributed by atoms with Crippen LogP contribution in [0, 0.1) is 40.4 Å². The molecule has 0 N–H and O–H groups in total. The standard InChI is InChI=1S/C23H40/c1-7-17(4)22(5)14-12-21-19(20(22)8-2)10-9-18-15-16(3)11-13-23(18,21)6/h7,16,18-21H,8-15H2,1-6H3/b17-7-. The fourth-order valence-electron chi connectivity index (χ4n) is 7.37. The predicted octanol–water partition coefficient (Wildman–Crippen LogP) is 7.25. The lowest BCUT2D eigenvalue weighted by atomic mass is 9.43. The number of fused-ring (bicyclic) bond motifs is 3. The van der Waals surface area contributed by atoms with E-state index in [1.54, 1.807) is 5.57 Å². The molecule has 7 unspecified atom stereocenters. The number of rotatable bonds is 2. The van der Waals surface area contributed by atoms with Crippen LogP contribution in [0.5, 0.6) is 0 Å². The van der Waals surface area contributed by atoms with Crippen LogP contribution in [0.25, 0.3) is 0 Å². The lowest BCUT2D eigenvalue weighted by molar-refractivity contribution is -0.111. The van der Waals surface area contributed by atoms with E-state index in [-0.39, 0.29) is 0 Å². The Morgan fingerprint density at radius 1 is 1.09 bits per heavy atom. The third kappa shape index (κ3) is 2.63. The zero-order chi connectivity index (χ0) is 16.8. The molecule has 132 valence electrons. The molecule has 0 nitrogen and oxygen atoms in total. The molecule has 3 aliphatic carbocycles. The van der Waals surface area contributed by atoms with Crippen molar-refractivity contribution in [1.82, 2.24) is 0 Å². The van der Waals surface area contributed by atoms with Crippen molar-refractivity contribution in [3.05, 3.63) is 11.6 Å². The average molecular weight is 317 g/mol. The third-order valence-corrected chi connectivity index (χ3v) is 9.09. The molecule has 0 aliphatic heterocycles. The average Bonchev–Trinajstić information content (AvgIpc) is 2.54. The van der Waals surface area contributed by atoms with Crippen molar-refractivity contribution >= 4 is 0 Å². The van der Waals surface area contributed by atoms with Crippen LogP contribution in [-0.4, -0.2) is 0 Å². The Hall–Kier alpha value is -0.260. The second-order valence-electron chi connectivity index (χ2n) is 9.87. The molecular weight excluding hydrogens is 276 g/mol. The van der Waals surface area contributed by atoms with E-state index in [1.165, 1.54) is 51.4 Å². The molecule has 3 aliphatic rings. The van der Waals surface area contributed by atoms with Crippen molar-refractivity contribution in [2.75, 3.05) is 0 Å². The van der Waals surface area contributed by atoms with Crippen LogP contribution in [0.3, 0.4) is 0 Å². The second kappa shape index (κ2) is 6.23. The summed E-state index contributed by atoms with van der Waals surface area (Å²) in [5.74, 6) is 4.91. The molecule has 0 aromatic carbocycles. The maximum absolute atomic E-state index is 2.69. The Balaban J connectivity index is 1.90. The van der Waals surface area contributed by atoms with E-state index >= 15 is 0 Å². The Morgan fingerprint density at radius 2 is 1.83 bits per heavy atom. The van der Waals surface area contributed by atoms with E-state index < -0.39 is 0 Å². The van der Waals surface area contributed by atoms with Gasteiger partial charge in [-0.05, 0) is 92.8 Å². The van der Waals surface area contributed by atoms with Crippen LogP contribution in [-0.2, 0) is 0 Å². The second-order valence-corrected chi connectivity index (χ2v) is 9.87. The Labute approximate surface area is 145 Å². The normalized spacial score (nSPS) is 51.0. The highest BCUT2D eigenvalue weighted by atomic mass is 14.6. The van der Waals surface area contributed by atoms with E-state index in [9.17, 15) is 0 Å². The SMILES string of the molecule is C/C=C(/C)C1(C)CCC2C(CCC3CC(C)CCC32C)C1CC. The first-order chi connectivity index (χ1) is 10.9. The first-order valence-corrected chi connectivity index (χ1v) is 10.5. The van der Waals surface area contributed by atoms with Crippen LogP contribution in [0.15, 0.2) is 11.6 Å². The van der Waals surface area contributed by atoms with Crippen molar-refractivity contribution in [3.63, 3.8) is 0 Å². The molecule has 3 saturated carbocycles. The van der Waals surface area contributed by atoms with Crippen LogP contribution >= 0.6 is 0 Å². The highest BCUT2D eigenvalue weighted by Crippen LogP contribution is 2.65. The van der Waals surface area contributed by atoms with Gasteiger partial charge in [-0.15, -0.1) is 0 Å². The Morgan fingerprint density at radius 3 is 2.48 bits per heavy atom. The fourth-order valence-corrected chi connectivity index (χ4v) is 7.37. The smallest absolute Gasteiger partial charge is 0.00883 e. The topological polar surface area (TPSA) is 0 Å². The molecule has 0 aromatic rings. The Bertz CT molecular complexity index is 461. The number of hydrogen-bond donors (Lipinski definition) is 0. The lowest BCUT2D eigenvalue weighted by Gasteiger charge is -2.62. The van der Waals surface area contributed by atoms with Gasteiger partial charge < -0.3 is 0 Å². The van der Waals surface area contributed by atoms with E-state index in [2.05, 4.69) is 47.6 Å². The highest BCUT2D eigenvalue weighted by Gasteiger charge is 2.56. The number of hydrogen-bond acceptors (Lipinski definition) is 0.